The summed E-state index contributed by atoms with van der Waals surface area (Å²) in [5.41, 5.74) is 3.25. The zero-order valence-corrected chi connectivity index (χ0v) is 20.9. The summed E-state index contributed by atoms with van der Waals surface area (Å²) in [6, 6.07) is 23.3. The summed E-state index contributed by atoms with van der Waals surface area (Å²) in [7, 11) is 0. The minimum absolute atomic E-state index is 0.0492. The Kier molecular flexibility index (Phi) is 6.18. The van der Waals surface area contributed by atoms with E-state index in [1.165, 1.54) is 38.9 Å². The molecule has 0 atom stereocenters. The van der Waals surface area contributed by atoms with E-state index in [2.05, 4.69) is 35.7 Å². The van der Waals surface area contributed by atoms with E-state index in [1.54, 1.807) is 24.3 Å². The van der Waals surface area contributed by atoms with Gasteiger partial charge in [0.25, 0.3) is 5.91 Å². The molecule has 3 nitrogen and oxygen atoms in total. The predicted molar refractivity (Wildman–Crippen MR) is 144 cm³/mol. The number of carbonyl (C=O) groups excluding carboxylic acids is 2. The van der Waals surface area contributed by atoms with Gasteiger partial charge in [0.2, 0.25) is 0 Å². The van der Waals surface area contributed by atoms with E-state index in [1.807, 2.05) is 12.1 Å². The highest BCUT2D eigenvalue weighted by molar-refractivity contribution is 6.24. The maximum atomic E-state index is 13.6. The number of nitrogens with one attached hydrogen (secondary N) is 1. The van der Waals surface area contributed by atoms with Crippen LogP contribution in [-0.2, 0) is 19.0 Å². The van der Waals surface area contributed by atoms with Gasteiger partial charge < -0.3 is 5.32 Å². The van der Waals surface area contributed by atoms with Gasteiger partial charge in [0, 0.05) is 22.4 Å². The van der Waals surface area contributed by atoms with Crippen LogP contribution in [0.5, 0.6) is 0 Å². The lowest BCUT2D eigenvalue weighted by atomic mass is 9.84. The number of ketones is 1. The summed E-state index contributed by atoms with van der Waals surface area (Å²) < 4.78 is 39.0. The van der Waals surface area contributed by atoms with E-state index < -0.39 is 17.6 Å². The molecule has 0 unspecified atom stereocenters. The molecule has 0 saturated heterocycles. The third-order valence-corrected chi connectivity index (χ3v) is 7.52. The van der Waals surface area contributed by atoms with Crippen molar-refractivity contribution in [3.05, 3.63) is 134 Å². The van der Waals surface area contributed by atoms with E-state index >= 15 is 0 Å². The Hall–Kier alpha value is -4.45. The molecule has 2 aliphatic rings. The summed E-state index contributed by atoms with van der Waals surface area (Å²) in [5.74, 6) is -0.703. The Balaban J connectivity index is 1.29. The van der Waals surface area contributed by atoms with Crippen molar-refractivity contribution in [3.63, 3.8) is 0 Å². The molecule has 194 valence electrons. The molecule has 6 heteroatoms. The number of anilines is 1. The topological polar surface area (TPSA) is 46.2 Å². The third-order valence-electron chi connectivity index (χ3n) is 7.52. The first kappa shape index (κ1) is 24.9. The van der Waals surface area contributed by atoms with Crippen LogP contribution >= 0.6 is 0 Å². The zero-order chi connectivity index (χ0) is 27.1. The number of Topliss-reactive ketones (excluding diaryl/α,β-unsaturated/α-hetero) is 1. The van der Waals surface area contributed by atoms with Gasteiger partial charge in [-0.15, -0.1) is 0 Å². The highest BCUT2D eigenvalue weighted by Gasteiger charge is 2.31. The lowest BCUT2D eigenvalue weighted by molar-refractivity contribution is -0.137. The second kappa shape index (κ2) is 9.70. The number of fused-ring (bicyclic) bond motifs is 4. The van der Waals surface area contributed by atoms with E-state index in [9.17, 15) is 22.8 Å². The fourth-order valence-electron chi connectivity index (χ4n) is 5.61. The zero-order valence-electron chi connectivity index (χ0n) is 20.9. The van der Waals surface area contributed by atoms with E-state index in [0.29, 0.717) is 17.7 Å². The Morgan fingerprint density at radius 2 is 1.49 bits per heavy atom. The summed E-state index contributed by atoms with van der Waals surface area (Å²) in [6.07, 6.45) is 1.09. The molecule has 4 aromatic rings. The maximum absolute atomic E-state index is 13.6. The van der Waals surface area contributed by atoms with E-state index in [-0.39, 0.29) is 11.3 Å². The molecule has 0 saturated carbocycles. The van der Waals surface area contributed by atoms with Crippen molar-refractivity contribution in [2.45, 2.75) is 31.9 Å². The van der Waals surface area contributed by atoms with Gasteiger partial charge in [-0.25, -0.2) is 0 Å². The minimum Gasteiger partial charge on any atom is -0.322 e. The molecule has 39 heavy (non-hydrogen) atoms. The quantitative estimate of drug-likeness (QED) is 0.336. The number of halogens is 3. The highest BCUT2D eigenvalue weighted by Crippen LogP contribution is 2.30. The predicted octanol–water partition coefficient (Wildman–Crippen LogP) is 5.95. The fourth-order valence-corrected chi connectivity index (χ4v) is 5.61. The van der Waals surface area contributed by atoms with Crippen molar-refractivity contribution < 1.29 is 22.8 Å². The van der Waals surface area contributed by atoms with Crippen LogP contribution in [0.2, 0.25) is 0 Å². The summed E-state index contributed by atoms with van der Waals surface area (Å²) >= 11 is 0. The summed E-state index contributed by atoms with van der Waals surface area (Å²) in [5, 5.41) is 7.33. The number of hydrogen-bond acceptors (Lipinski definition) is 2. The first-order chi connectivity index (χ1) is 18.8. The molecule has 0 bridgehead atoms. The van der Waals surface area contributed by atoms with E-state index in [0.717, 1.165) is 42.2 Å². The summed E-state index contributed by atoms with van der Waals surface area (Å²) in [6.45, 7) is 0. The van der Waals surface area contributed by atoms with Crippen molar-refractivity contribution in [2.24, 2.45) is 0 Å². The molecule has 1 amide bonds. The Labute approximate surface area is 222 Å². The molecular formula is C33H24F3NO2. The molecule has 4 aromatic carbocycles. The number of hydrogen-bond donors (Lipinski definition) is 1. The van der Waals surface area contributed by atoms with Crippen LogP contribution in [-0.4, -0.2) is 11.7 Å². The number of benzene rings is 4. The van der Waals surface area contributed by atoms with Gasteiger partial charge in [0.15, 0.2) is 5.78 Å². The van der Waals surface area contributed by atoms with Crippen LogP contribution < -0.4 is 15.8 Å². The Bertz CT molecular complexity index is 1860. The maximum Gasteiger partial charge on any atom is 0.416 e. The molecule has 0 fully saturated rings. The average Bonchev–Trinajstić information content (AvgIpc) is 2.96. The smallest absolute Gasteiger partial charge is 0.322 e. The van der Waals surface area contributed by atoms with Crippen molar-refractivity contribution >= 4 is 29.0 Å². The SMILES string of the molecule is O=C(Nc1ccc(C(=O)C2=c3ccc4c(c3CCC2)CC=c2ccccc2=4)cc1)c1cccc(C(F)(F)F)c1. The molecule has 0 spiro atoms. The molecular weight excluding hydrogens is 499 g/mol. The van der Waals surface area contributed by atoms with Crippen LogP contribution in [0.3, 0.4) is 0 Å². The highest BCUT2D eigenvalue weighted by atomic mass is 19.4. The van der Waals surface area contributed by atoms with Gasteiger partial charge in [-0.05, 0) is 100 Å². The van der Waals surface area contributed by atoms with Gasteiger partial charge in [0.05, 0.1) is 5.56 Å². The molecule has 1 N–H and O–H groups in total. The van der Waals surface area contributed by atoms with Crippen molar-refractivity contribution in [1.29, 1.82) is 0 Å². The molecule has 2 aliphatic carbocycles. The minimum atomic E-state index is -4.53. The first-order valence-electron chi connectivity index (χ1n) is 12.9. The van der Waals surface area contributed by atoms with Crippen molar-refractivity contribution in [2.75, 3.05) is 5.32 Å². The molecule has 0 aliphatic heterocycles. The lowest BCUT2D eigenvalue weighted by Crippen LogP contribution is -2.25. The number of alkyl halides is 3. The normalized spacial score (nSPS) is 14.0. The van der Waals surface area contributed by atoms with Crippen LogP contribution in [0.1, 0.15) is 50.2 Å². The van der Waals surface area contributed by atoms with Crippen LogP contribution in [0.4, 0.5) is 18.9 Å². The van der Waals surface area contributed by atoms with Crippen LogP contribution in [0.25, 0.3) is 11.6 Å². The second-order valence-electron chi connectivity index (χ2n) is 9.88. The van der Waals surface area contributed by atoms with Gasteiger partial charge >= 0.3 is 6.18 Å². The molecule has 0 heterocycles. The van der Waals surface area contributed by atoms with Crippen molar-refractivity contribution in [3.8, 4) is 0 Å². The molecule has 6 rings (SSSR count). The second-order valence-corrected chi connectivity index (χ2v) is 9.88. The standard InChI is InChI=1S/C33H24F3NO2/c34-33(35,36)23-7-3-6-22(19-23)32(39)37-24-14-11-21(12-15-24)31(38)30-10-4-9-26-28-16-13-20-5-1-2-8-25(20)27(28)17-18-29(26)30/h1-3,5-8,11-15,17-19H,4,9-10,16H2,(H,37,39). The molecule has 0 aromatic heterocycles. The lowest BCUT2D eigenvalue weighted by Gasteiger charge is -2.20. The van der Waals surface area contributed by atoms with Gasteiger partial charge in [-0.1, -0.05) is 48.5 Å². The van der Waals surface area contributed by atoms with Crippen LogP contribution in [0.15, 0.2) is 84.9 Å². The van der Waals surface area contributed by atoms with Gasteiger partial charge in [0.1, 0.15) is 0 Å². The third kappa shape index (κ3) is 4.67. The van der Waals surface area contributed by atoms with E-state index in [4.69, 9.17) is 0 Å². The number of amides is 1. The first-order valence-corrected chi connectivity index (χ1v) is 12.9. The Morgan fingerprint density at radius 1 is 0.718 bits per heavy atom. The fraction of sp³-hybridized carbons (Fsp3) is 0.152. The molecule has 0 radical (unpaired) electrons. The summed E-state index contributed by atoms with van der Waals surface area (Å²) in [4.78, 5) is 26.1. The van der Waals surface area contributed by atoms with Gasteiger partial charge in [-0.3, -0.25) is 9.59 Å². The average molecular weight is 524 g/mol. The van der Waals surface area contributed by atoms with Crippen molar-refractivity contribution in [1.82, 2.24) is 0 Å². The Morgan fingerprint density at radius 3 is 2.28 bits per heavy atom. The van der Waals surface area contributed by atoms with Gasteiger partial charge in [-0.2, -0.15) is 13.2 Å². The monoisotopic (exact) mass is 523 g/mol. The number of carbonyl (C=O) groups is 2. The largest absolute Gasteiger partial charge is 0.416 e. The number of rotatable bonds is 4. The van der Waals surface area contributed by atoms with Crippen LogP contribution in [0, 0.1) is 10.4 Å².